The molecule has 1 unspecified atom stereocenters. The van der Waals surface area contributed by atoms with Crippen molar-refractivity contribution < 1.29 is 14.3 Å². The van der Waals surface area contributed by atoms with Crippen LogP contribution in [0.15, 0.2) is 4.99 Å². The van der Waals surface area contributed by atoms with E-state index in [0.29, 0.717) is 25.6 Å². The summed E-state index contributed by atoms with van der Waals surface area (Å²) in [4.78, 5) is 29.8. The summed E-state index contributed by atoms with van der Waals surface area (Å²) in [6.07, 6.45) is 3.43. The van der Waals surface area contributed by atoms with Crippen LogP contribution in [0, 0.1) is 5.41 Å². The lowest BCUT2D eigenvalue weighted by Gasteiger charge is -2.27. The third-order valence-corrected chi connectivity index (χ3v) is 4.29. The van der Waals surface area contributed by atoms with Gasteiger partial charge in [-0.3, -0.25) is 9.59 Å². The molecule has 0 aromatic rings. The maximum absolute atomic E-state index is 12.1. The first kappa shape index (κ1) is 22.2. The minimum absolute atomic E-state index is 0.0215. The van der Waals surface area contributed by atoms with Crippen LogP contribution in [0.5, 0.6) is 0 Å². The fourth-order valence-corrected chi connectivity index (χ4v) is 2.43. The second kappa shape index (κ2) is 11.0. The number of likely N-dealkylation sites (N-methyl/N-ethyl adjacent to an activating group) is 1. The van der Waals surface area contributed by atoms with Gasteiger partial charge in [0, 0.05) is 40.3 Å². The molecule has 0 bridgehead atoms. The number of carbonyl (C=O) groups is 2. The molecule has 8 heteroatoms. The molecule has 26 heavy (non-hydrogen) atoms. The standard InChI is InChI=1S/C18H35N5O3/c1-6-19-16(25)18(2,3)13-22-17(21-12-15(24)23(4)5)20-11-14-9-7-8-10-26-14/h14H,6-13H2,1-5H3,(H,19,25)(H2,20,21,22). The van der Waals surface area contributed by atoms with Gasteiger partial charge in [0.1, 0.15) is 6.54 Å². The topological polar surface area (TPSA) is 95.1 Å². The number of nitrogens with zero attached hydrogens (tertiary/aromatic N) is 2. The number of hydrogen-bond acceptors (Lipinski definition) is 4. The number of amides is 2. The van der Waals surface area contributed by atoms with Gasteiger partial charge in [-0.05, 0) is 40.0 Å². The lowest BCUT2D eigenvalue weighted by Crippen LogP contribution is -2.49. The molecule has 1 aliphatic heterocycles. The van der Waals surface area contributed by atoms with Gasteiger partial charge in [-0.1, -0.05) is 0 Å². The van der Waals surface area contributed by atoms with Crippen molar-refractivity contribution in [1.82, 2.24) is 20.9 Å². The fraction of sp³-hybridized carbons (Fsp3) is 0.833. The van der Waals surface area contributed by atoms with Gasteiger partial charge >= 0.3 is 0 Å². The zero-order valence-corrected chi connectivity index (χ0v) is 16.9. The van der Waals surface area contributed by atoms with Gasteiger partial charge < -0.3 is 25.6 Å². The van der Waals surface area contributed by atoms with Crippen molar-refractivity contribution in [3.63, 3.8) is 0 Å². The molecule has 1 rings (SSSR count). The molecular formula is C18H35N5O3. The first-order valence-corrected chi connectivity index (χ1v) is 9.38. The van der Waals surface area contributed by atoms with Crippen LogP contribution >= 0.6 is 0 Å². The highest BCUT2D eigenvalue weighted by Crippen LogP contribution is 2.14. The number of aliphatic imine (C=N–C) groups is 1. The van der Waals surface area contributed by atoms with Crippen molar-refractivity contribution in [3.8, 4) is 0 Å². The Kier molecular flexibility index (Phi) is 9.40. The molecule has 1 aliphatic rings. The summed E-state index contributed by atoms with van der Waals surface area (Å²) in [6.45, 7) is 8.11. The second-order valence-corrected chi connectivity index (χ2v) is 7.42. The molecule has 0 radical (unpaired) electrons. The zero-order chi connectivity index (χ0) is 19.6. The van der Waals surface area contributed by atoms with Gasteiger partial charge in [0.25, 0.3) is 0 Å². The molecule has 1 saturated heterocycles. The van der Waals surface area contributed by atoms with E-state index >= 15 is 0 Å². The average Bonchev–Trinajstić information content (AvgIpc) is 2.61. The maximum atomic E-state index is 12.1. The van der Waals surface area contributed by atoms with Crippen molar-refractivity contribution in [2.45, 2.75) is 46.1 Å². The van der Waals surface area contributed by atoms with Crippen molar-refractivity contribution >= 4 is 17.8 Å². The molecule has 8 nitrogen and oxygen atoms in total. The van der Waals surface area contributed by atoms with E-state index in [9.17, 15) is 9.59 Å². The lowest BCUT2D eigenvalue weighted by atomic mass is 9.92. The smallest absolute Gasteiger partial charge is 0.243 e. The highest BCUT2D eigenvalue weighted by atomic mass is 16.5. The van der Waals surface area contributed by atoms with Gasteiger partial charge in [-0.2, -0.15) is 0 Å². The Morgan fingerprint density at radius 1 is 1.19 bits per heavy atom. The second-order valence-electron chi connectivity index (χ2n) is 7.42. The number of ether oxygens (including phenoxy) is 1. The van der Waals surface area contributed by atoms with Crippen LogP contribution in [0.4, 0.5) is 0 Å². The fourth-order valence-electron chi connectivity index (χ4n) is 2.43. The van der Waals surface area contributed by atoms with Crippen LogP contribution in [0.1, 0.15) is 40.0 Å². The molecule has 0 aliphatic carbocycles. The normalized spacial score (nSPS) is 18.2. The molecule has 1 fully saturated rings. The highest BCUT2D eigenvalue weighted by Gasteiger charge is 2.27. The maximum Gasteiger partial charge on any atom is 0.243 e. The van der Waals surface area contributed by atoms with Crippen molar-refractivity contribution in [2.75, 3.05) is 46.9 Å². The van der Waals surface area contributed by atoms with E-state index in [1.165, 1.54) is 4.90 Å². The third kappa shape index (κ3) is 8.03. The van der Waals surface area contributed by atoms with E-state index in [1.54, 1.807) is 14.1 Å². The molecular weight excluding hydrogens is 334 g/mol. The molecule has 0 aromatic heterocycles. The summed E-state index contributed by atoms with van der Waals surface area (Å²) in [5.41, 5.74) is -0.592. The van der Waals surface area contributed by atoms with Gasteiger partial charge in [0.2, 0.25) is 11.8 Å². The number of rotatable bonds is 8. The summed E-state index contributed by atoms with van der Waals surface area (Å²) in [6, 6.07) is 0. The summed E-state index contributed by atoms with van der Waals surface area (Å²) in [7, 11) is 3.40. The Balaban J connectivity index is 2.65. The van der Waals surface area contributed by atoms with Crippen molar-refractivity contribution in [2.24, 2.45) is 10.4 Å². The van der Waals surface area contributed by atoms with Gasteiger partial charge in [0.05, 0.1) is 11.5 Å². The Hall–Kier alpha value is -1.83. The van der Waals surface area contributed by atoms with Gasteiger partial charge in [-0.25, -0.2) is 4.99 Å². The van der Waals surface area contributed by atoms with Crippen molar-refractivity contribution in [1.29, 1.82) is 0 Å². The third-order valence-electron chi connectivity index (χ3n) is 4.29. The molecule has 150 valence electrons. The lowest BCUT2D eigenvalue weighted by molar-refractivity contribution is -0.129. The molecule has 0 saturated carbocycles. The first-order chi connectivity index (χ1) is 12.3. The Labute approximate surface area is 157 Å². The van der Waals surface area contributed by atoms with Crippen LogP contribution < -0.4 is 16.0 Å². The Morgan fingerprint density at radius 3 is 2.50 bits per heavy atom. The number of carbonyl (C=O) groups excluding carboxylic acids is 2. The molecule has 1 atom stereocenters. The molecule has 0 spiro atoms. The molecule has 3 N–H and O–H groups in total. The summed E-state index contributed by atoms with van der Waals surface area (Å²) in [5.74, 6) is 0.418. The minimum Gasteiger partial charge on any atom is -0.376 e. The van der Waals surface area contributed by atoms with Crippen LogP contribution in [0.25, 0.3) is 0 Å². The van der Waals surface area contributed by atoms with Crippen LogP contribution in [0.3, 0.4) is 0 Å². The first-order valence-electron chi connectivity index (χ1n) is 9.38. The van der Waals surface area contributed by atoms with E-state index < -0.39 is 5.41 Å². The van der Waals surface area contributed by atoms with Crippen LogP contribution in [-0.2, 0) is 14.3 Å². The Morgan fingerprint density at radius 2 is 1.92 bits per heavy atom. The summed E-state index contributed by atoms with van der Waals surface area (Å²) in [5, 5.41) is 9.26. The van der Waals surface area contributed by atoms with E-state index in [4.69, 9.17) is 4.74 Å². The largest absolute Gasteiger partial charge is 0.376 e. The average molecular weight is 370 g/mol. The van der Waals surface area contributed by atoms with Crippen LogP contribution in [0.2, 0.25) is 0 Å². The predicted molar refractivity (Wildman–Crippen MR) is 103 cm³/mol. The predicted octanol–water partition coefficient (Wildman–Crippen LogP) is 0.341. The van der Waals surface area contributed by atoms with Gasteiger partial charge in [0.15, 0.2) is 5.96 Å². The van der Waals surface area contributed by atoms with E-state index in [0.717, 1.165) is 25.9 Å². The highest BCUT2D eigenvalue weighted by molar-refractivity contribution is 5.86. The van der Waals surface area contributed by atoms with Gasteiger partial charge in [-0.15, -0.1) is 0 Å². The van der Waals surface area contributed by atoms with E-state index in [1.807, 2.05) is 20.8 Å². The van der Waals surface area contributed by atoms with E-state index in [-0.39, 0.29) is 24.5 Å². The zero-order valence-electron chi connectivity index (χ0n) is 16.9. The number of guanidine groups is 1. The SMILES string of the molecule is CCNC(=O)C(C)(C)CNC(=NCC(=O)N(C)C)NCC1CCCCO1. The summed E-state index contributed by atoms with van der Waals surface area (Å²) < 4.78 is 5.72. The summed E-state index contributed by atoms with van der Waals surface area (Å²) >= 11 is 0. The van der Waals surface area contributed by atoms with Crippen molar-refractivity contribution in [3.05, 3.63) is 0 Å². The quantitative estimate of drug-likeness (QED) is 0.424. The molecule has 0 aromatic carbocycles. The molecule has 2 amide bonds. The minimum atomic E-state index is -0.592. The molecule has 1 heterocycles. The monoisotopic (exact) mass is 369 g/mol. The Bertz CT molecular complexity index is 485. The number of hydrogen-bond donors (Lipinski definition) is 3. The van der Waals surface area contributed by atoms with Crippen LogP contribution in [-0.4, -0.2) is 75.7 Å². The van der Waals surface area contributed by atoms with E-state index in [2.05, 4.69) is 20.9 Å². The number of nitrogens with one attached hydrogen (secondary N) is 3.